The molecule has 0 saturated heterocycles. The second-order valence-electron chi connectivity index (χ2n) is 5.26. The molecule has 0 spiro atoms. The maximum atomic E-state index is 12.2. The monoisotopic (exact) mass is 321 g/mol. The Morgan fingerprint density at radius 1 is 1.09 bits per heavy atom. The summed E-state index contributed by atoms with van der Waals surface area (Å²) >= 11 is 0. The van der Waals surface area contributed by atoms with Crippen LogP contribution in [0.4, 0.5) is 11.4 Å². The van der Waals surface area contributed by atoms with E-state index in [1.54, 1.807) is 4.90 Å². The Labute approximate surface area is 135 Å². The highest BCUT2D eigenvalue weighted by molar-refractivity contribution is 6.39. The minimum Gasteiger partial charge on any atom is -0.334 e. The third-order valence-corrected chi connectivity index (χ3v) is 3.38. The van der Waals surface area contributed by atoms with Gasteiger partial charge in [0, 0.05) is 30.9 Å². The third kappa shape index (κ3) is 6.06. The zero-order valence-electron chi connectivity index (χ0n) is 13.6. The summed E-state index contributed by atoms with van der Waals surface area (Å²) in [7, 11) is 0. The van der Waals surface area contributed by atoms with Crippen LogP contribution in [-0.2, 0) is 9.59 Å². The fourth-order valence-corrected chi connectivity index (χ4v) is 2.01. The molecule has 126 valence electrons. The van der Waals surface area contributed by atoms with E-state index in [-0.39, 0.29) is 5.69 Å². The summed E-state index contributed by atoms with van der Waals surface area (Å²) in [6, 6.07) is 5.38. The molecule has 0 atom stereocenters. The Morgan fingerprint density at radius 2 is 1.61 bits per heavy atom. The van der Waals surface area contributed by atoms with E-state index in [1.807, 2.05) is 13.8 Å². The smallest absolute Gasteiger partial charge is 0.313 e. The molecule has 0 aliphatic rings. The van der Waals surface area contributed by atoms with E-state index >= 15 is 0 Å². The van der Waals surface area contributed by atoms with E-state index in [9.17, 15) is 19.7 Å². The van der Waals surface area contributed by atoms with E-state index in [4.69, 9.17) is 0 Å². The lowest BCUT2D eigenvalue weighted by molar-refractivity contribution is -0.384. The standard InChI is InChI=1S/C16H23N3O4/c1-3-5-11-18(12-6-4-2)16(21)15(20)17-13-7-9-14(10-8-13)19(22)23/h7-10H,3-6,11-12H2,1-2H3,(H,17,20). The van der Waals surface area contributed by atoms with Crippen LogP contribution in [0.1, 0.15) is 39.5 Å². The van der Waals surface area contributed by atoms with Crippen molar-refractivity contribution in [2.75, 3.05) is 18.4 Å². The number of carbonyl (C=O) groups is 2. The first-order valence-electron chi connectivity index (χ1n) is 7.84. The van der Waals surface area contributed by atoms with Crippen LogP contribution in [0, 0.1) is 10.1 Å². The van der Waals surface area contributed by atoms with Crippen molar-refractivity contribution >= 4 is 23.2 Å². The molecular weight excluding hydrogens is 298 g/mol. The number of nitro benzene ring substituents is 1. The lowest BCUT2D eigenvalue weighted by atomic mass is 10.2. The van der Waals surface area contributed by atoms with Crippen molar-refractivity contribution in [2.24, 2.45) is 0 Å². The fraction of sp³-hybridized carbons (Fsp3) is 0.500. The number of hydrogen-bond donors (Lipinski definition) is 1. The van der Waals surface area contributed by atoms with Crippen LogP contribution in [0.2, 0.25) is 0 Å². The topological polar surface area (TPSA) is 92.6 Å². The average Bonchev–Trinajstić information content (AvgIpc) is 2.55. The van der Waals surface area contributed by atoms with Gasteiger partial charge in [-0.3, -0.25) is 19.7 Å². The van der Waals surface area contributed by atoms with Crippen LogP contribution in [0.3, 0.4) is 0 Å². The van der Waals surface area contributed by atoms with Crippen molar-refractivity contribution in [1.29, 1.82) is 0 Å². The Kier molecular flexibility index (Phi) is 7.73. The summed E-state index contributed by atoms with van der Waals surface area (Å²) in [5.74, 6) is -1.28. The molecule has 1 aromatic carbocycles. The predicted octanol–water partition coefficient (Wildman–Crippen LogP) is 2.96. The number of amides is 2. The van der Waals surface area contributed by atoms with Gasteiger partial charge in [-0.25, -0.2) is 0 Å². The Bertz CT molecular complexity index is 535. The number of benzene rings is 1. The normalized spacial score (nSPS) is 10.2. The zero-order chi connectivity index (χ0) is 17.2. The van der Waals surface area contributed by atoms with Gasteiger partial charge in [-0.1, -0.05) is 26.7 Å². The zero-order valence-corrected chi connectivity index (χ0v) is 13.6. The van der Waals surface area contributed by atoms with Gasteiger partial charge in [0.05, 0.1) is 4.92 Å². The minimum absolute atomic E-state index is 0.0677. The summed E-state index contributed by atoms with van der Waals surface area (Å²) in [6.07, 6.45) is 3.58. The number of carbonyl (C=O) groups excluding carboxylic acids is 2. The number of non-ortho nitro benzene ring substituents is 1. The molecule has 1 rings (SSSR count). The van der Waals surface area contributed by atoms with Gasteiger partial charge in [0.2, 0.25) is 0 Å². The van der Waals surface area contributed by atoms with Crippen LogP contribution in [0.15, 0.2) is 24.3 Å². The minimum atomic E-state index is -0.717. The van der Waals surface area contributed by atoms with Gasteiger partial charge in [-0.2, -0.15) is 0 Å². The largest absolute Gasteiger partial charge is 0.334 e. The molecule has 0 bridgehead atoms. The lowest BCUT2D eigenvalue weighted by Gasteiger charge is -2.21. The highest BCUT2D eigenvalue weighted by Gasteiger charge is 2.21. The number of rotatable bonds is 8. The maximum absolute atomic E-state index is 12.2. The second-order valence-corrected chi connectivity index (χ2v) is 5.26. The molecule has 7 heteroatoms. The van der Waals surface area contributed by atoms with Crippen molar-refractivity contribution < 1.29 is 14.5 Å². The highest BCUT2D eigenvalue weighted by Crippen LogP contribution is 2.15. The molecule has 1 aromatic rings. The van der Waals surface area contributed by atoms with E-state index in [0.29, 0.717) is 18.8 Å². The summed E-state index contributed by atoms with van der Waals surface area (Å²) in [4.78, 5) is 35.9. The maximum Gasteiger partial charge on any atom is 0.313 e. The molecule has 0 aromatic heterocycles. The molecule has 0 radical (unpaired) electrons. The first kappa shape index (κ1) is 18.6. The van der Waals surface area contributed by atoms with Crippen molar-refractivity contribution in [1.82, 2.24) is 4.90 Å². The first-order valence-corrected chi connectivity index (χ1v) is 7.84. The molecule has 0 saturated carbocycles. The van der Waals surface area contributed by atoms with Crippen molar-refractivity contribution in [3.8, 4) is 0 Å². The van der Waals surface area contributed by atoms with Gasteiger partial charge in [-0.05, 0) is 25.0 Å². The fourth-order valence-electron chi connectivity index (χ4n) is 2.01. The molecule has 0 aliphatic carbocycles. The van der Waals surface area contributed by atoms with Crippen LogP contribution < -0.4 is 5.32 Å². The Balaban J connectivity index is 2.68. The number of anilines is 1. The van der Waals surface area contributed by atoms with E-state index in [1.165, 1.54) is 24.3 Å². The van der Waals surface area contributed by atoms with Gasteiger partial charge >= 0.3 is 11.8 Å². The van der Waals surface area contributed by atoms with E-state index in [0.717, 1.165) is 25.7 Å². The number of nitrogens with zero attached hydrogens (tertiary/aromatic N) is 2. The molecule has 1 N–H and O–H groups in total. The quantitative estimate of drug-likeness (QED) is 0.452. The average molecular weight is 321 g/mol. The molecule has 0 unspecified atom stereocenters. The lowest BCUT2D eigenvalue weighted by Crippen LogP contribution is -2.40. The third-order valence-electron chi connectivity index (χ3n) is 3.38. The molecule has 2 amide bonds. The molecular formula is C16H23N3O4. The predicted molar refractivity (Wildman–Crippen MR) is 88.1 cm³/mol. The van der Waals surface area contributed by atoms with Crippen LogP contribution in [0.25, 0.3) is 0 Å². The van der Waals surface area contributed by atoms with E-state index in [2.05, 4.69) is 5.32 Å². The van der Waals surface area contributed by atoms with E-state index < -0.39 is 16.7 Å². The molecule has 0 aliphatic heterocycles. The number of hydrogen-bond acceptors (Lipinski definition) is 4. The number of nitro groups is 1. The number of unbranched alkanes of at least 4 members (excludes halogenated alkanes) is 2. The van der Waals surface area contributed by atoms with Crippen molar-refractivity contribution in [3.63, 3.8) is 0 Å². The molecule has 0 heterocycles. The van der Waals surface area contributed by atoms with Crippen molar-refractivity contribution in [3.05, 3.63) is 34.4 Å². The Morgan fingerprint density at radius 3 is 2.04 bits per heavy atom. The van der Waals surface area contributed by atoms with Gasteiger partial charge in [0.1, 0.15) is 0 Å². The summed E-state index contributed by atoms with van der Waals surface area (Å²) in [5.41, 5.74) is 0.293. The second kappa shape index (κ2) is 9.55. The summed E-state index contributed by atoms with van der Waals surface area (Å²) in [6.45, 7) is 5.17. The van der Waals surface area contributed by atoms with Gasteiger partial charge in [0.25, 0.3) is 5.69 Å². The van der Waals surface area contributed by atoms with Gasteiger partial charge in [0.15, 0.2) is 0 Å². The molecule has 7 nitrogen and oxygen atoms in total. The molecule has 23 heavy (non-hydrogen) atoms. The summed E-state index contributed by atoms with van der Waals surface area (Å²) < 4.78 is 0. The van der Waals surface area contributed by atoms with Gasteiger partial charge < -0.3 is 10.2 Å². The van der Waals surface area contributed by atoms with Gasteiger partial charge in [-0.15, -0.1) is 0 Å². The first-order chi connectivity index (χ1) is 11.0. The van der Waals surface area contributed by atoms with Crippen LogP contribution >= 0.6 is 0 Å². The van der Waals surface area contributed by atoms with Crippen LogP contribution in [0.5, 0.6) is 0 Å². The number of nitrogens with one attached hydrogen (secondary N) is 1. The van der Waals surface area contributed by atoms with Crippen molar-refractivity contribution in [2.45, 2.75) is 39.5 Å². The SMILES string of the molecule is CCCCN(CCCC)C(=O)C(=O)Nc1ccc([N+](=O)[O-])cc1. The molecule has 0 fully saturated rings. The summed E-state index contributed by atoms with van der Waals surface area (Å²) in [5, 5.41) is 13.1. The Hall–Kier alpha value is -2.44. The highest BCUT2D eigenvalue weighted by atomic mass is 16.6. The van der Waals surface area contributed by atoms with Crippen LogP contribution in [-0.4, -0.2) is 34.7 Å².